The van der Waals surface area contributed by atoms with E-state index < -0.39 is 36.1 Å². The van der Waals surface area contributed by atoms with Crippen molar-refractivity contribution in [1.29, 1.82) is 0 Å². The molecule has 4 aromatic rings. The summed E-state index contributed by atoms with van der Waals surface area (Å²) in [5.74, 6) is -1.79. The van der Waals surface area contributed by atoms with Crippen LogP contribution in [0.25, 0.3) is 22.3 Å². The number of aromatic carboxylic acids is 1. The van der Waals surface area contributed by atoms with E-state index in [-0.39, 0.29) is 11.4 Å². The fourth-order valence-electron chi connectivity index (χ4n) is 3.59. The second kappa shape index (κ2) is 7.35. The van der Waals surface area contributed by atoms with E-state index in [0.29, 0.717) is 22.3 Å². The fraction of sp³-hybridized carbons (Fsp3) is 0.263. The highest BCUT2D eigenvalue weighted by Crippen LogP contribution is 2.34. The van der Waals surface area contributed by atoms with Crippen LogP contribution in [0, 0.1) is 13.8 Å². The van der Waals surface area contributed by atoms with Gasteiger partial charge in [-0.15, -0.1) is 0 Å². The zero-order valence-corrected chi connectivity index (χ0v) is 16.9. The summed E-state index contributed by atoms with van der Waals surface area (Å²) in [4.78, 5) is 11.2. The van der Waals surface area contributed by atoms with E-state index in [1.165, 1.54) is 42.9 Å². The minimum absolute atomic E-state index is 0.0974. The van der Waals surface area contributed by atoms with Gasteiger partial charge in [-0.3, -0.25) is 4.68 Å². The highest BCUT2D eigenvalue weighted by atomic mass is 19.4. The Bertz CT molecular complexity index is 1380. The summed E-state index contributed by atoms with van der Waals surface area (Å²) in [5, 5.41) is 20.6. The molecule has 174 valence electrons. The van der Waals surface area contributed by atoms with Crippen LogP contribution in [0.4, 0.5) is 26.3 Å². The van der Waals surface area contributed by atoms with Gasteiger partial charge in [0, 0.05) is 29.2 Å². The minimum atomic E-state index is -4.98. The summed E-state index contributed by atoms with van der Waals surface area (Å²) < 4.78 is 81.1. The molecule has 0 fully saturated rings. The largest absolute Gasteiger partial charge is 0.478 e. The summed E-state index contributed by atoms with van der Waals surface area (Å²) in [6.07, 6.45) is -5.90. The van der Waals surface area contributed by atoms with Gasteiger partial charge < -0.3 is 5.11 Å². The Morgan fingerprint density at radius 3 is 2.39 bits per heavy atom. The summed E-state index contributed by atoms with van der Waals surface area (Å²) in [6, 6.07) is 2.77. The Balaban J connectivity index is 1.85. The van der Waals surface area contributed by atoms with E-state index in [2.05, 4.69) is 15.3 Å². The average Bonchev–Trinajstić information content (AvgIpc) is 3.36. The van der Waals surface area contributed by atoms with Gasteiger partial charge in [-0.2, -0.15) is 41.6 Å². The molecule has 0 amide bonds. The highest BCUT2D eigenvalue weighted by Gasteiger charge is 2.39. The van der Waals surface area contributed by atoms with Crippen molar-refractivity contribution >= 4 is 11.5 Å². The van der Waals surface area contributed by atoms with E-state index in [4.69, 9.17) is 5.11 Å². The standard InChI is InChI=1S/C19H14F6N6O2/c1-9-15(10(2)31(27-9)8-18(20,21)22)12-6-26-29-4-3-11(5-14(12)29)30-7-13(17(32)33)16(28-30)19(23,24)25/h3-7H,8H2,1-2H3,(H,32,33). The first-order chi connectivity index (χ1) is 15.3. The molecule has 0 saturated carbocycles. The monoisotopic (exact) mass is 472 g/mol. The normalized spacial score (nSPS) is 12.6. The SMILES string of the molecule is Cc1nn(CC(F)(F)F)c(C)c1-c1cnn2ccc(-n3cc(C(=O)O)c(C(F)(F)F)n3)cc12. The topological polar surface area (TPSA) is 90.2 Å². The Hall–Kier alpha value is -3.84. The van der Waals surface area contributed by atoms with E-state index in [9.17, 15) is 31.1 Å². The average molecular weight is 472 g/mol. The lowest BCUT2D eigenvalue weighted by Crippen LogP contribution is -2.19. The molecular weight excluding hydrogens is 458 g/mol. The lowest BCUT2D eigenvalue weighted by atomic mass is 10.1. The molecule has 0 aromatic carbocycles. The number of hydrogen-bond acceptors (Lipinski definition) is 4. The highest BCUT2D eigenvalue weighted by molar-refractivity contribution is 5.89. The lowest BCUT2D eigenvalue weighted by Gasteiger charge is -2.08. The van der Waals surface area contributed by atoms with Crippen LogP contribution < -0.4 is 0 Å². The number of pyridine rings is 1. The molecule has 0 saturated heterocycles. The van der Waals surface area contributed by atoms with Gasteiger partial charge in [0.05, 0.1) is 23.1 Å². The number of aryl methyl sites for hydroxylation is 1. The quantitative estimate of drug-likeness (QED) is 0.448. The van der Waals surface area contributed by atoms with Crippen LogP contribution in [0.5, 0.6) is 0 Å². The Morgan fingerprint density at radius 1 is 1.12 bits per heavy atom. The molecule has 33 heavy (non-hydrogen) atoms. The lowest BCUT2D eigenvalue weighted by molar-refractivity contribution is -0.143. The summed E-state index contributed by atoms with van der Waals surface area (Å²) in [6.45, 7) is 1.72. The summed E-state index contributed by atoms with van der Waals surface area (Å²) in [7, 11) is 0. The van der Waals surface area contributed by atoms with Crippen molar-refractivity contribution in [2.24, 2.45) is 0 Å². The molecule has 0 aliphatic carbocycles. The van der Waals surface area contributed by atoms with Gasteiger partial charge in [0.1, 0.15) is 12.1 Å². The molecule has 4 rings (SSSR count). The second-order valence-electron chi connectivity index (χ2n) is 7.23. The summed E-state index contributed by atoms with van der Waals surface area (Å²) >= 11 is 0. The van der Waals surface area contributed by atoms with Gasteiger partial charge >= 0.3 is 18.3 Å². The fourth-order valence-corrected chi connectivity index (χ4v) is 3.59. The number of rotatable bonds is 4. The first-order valence-electron chi connectivity index (χ1n) is 9.25. The van der Waals surface area contributed by atoms with Crippen molar-refractivity contribution in [3.63, 3.8) is 0 Å². The van der Waals surface area contributed by atoms with Gasteiger partial charge in [-0.05, 0) is 26.0 Å². The molecule has 0 unspecified atom stereocenters. The summed E-state index contributed by atoms with van der Waals surface area (Å²) in [5.41, 5.74) is -0.775. The second-order valence-corrected chi connectivity index (χ2v) is 7.23. The first kappa shape index (κ1) is 22.4. The molecule has 8 nitrogen and oxygen atoms in total. The van der Waals surface area contributed by atoms with Crippen LogP contribution in [0.15, 0.2) is 30.7 Å². The van der Waals surface area contributed by atoms with Crippen molar-refractivity contribution in [3.05, 3.63) is 53.4 Å². The van der Waals surface area contributed by atoms with Crippen LogP contribution in [-0.2, 0) is 12.7 Å². The van der Waals surface area contributed by atoms with Gasteiger partial charge in [-0.25, -0.2) is 14.0 Å². The van der Waals surface area contributed by atoms with E-state index in [1.807, 2.05) is 0 Å². The smallest absolute Gasteiger partial charge is 0.436 e. The molecule has 0 spiro atoms. The first-order valence-corrected chi connectivity index (χ1v) is 9.25. The molecule has 0 aliphatic rings. The molecule has 0 atom stereocenters. The van der Waals surface area contributed by atoms with E-state index in [1.54, 1.807) is 0 Å². The molecule has 1 N–H and O–H groups in total. The number of nitrogens with zero attached hydrogens (tertiary/aromatic N) is 6. The number of carboxylic acid groups (broad SMARTS) is 1. The Morgan fingerprint density at radius 2 is 1.82 bits per heavy atom. The Labute approximate surface area is 180 Å². The van der Waals surface area contributed by atoms with E-state index >= 15 is 0 Å². The zero-order chi connectivity index (χ0) is 24.3. The number of halogens is 6. The molecule has 0 aliphatic heterocycles. The number of carbonyl (C=O) groups is 1. The molecule has 0 bridgehead atoms. The number of carboxylic acids is 1. The van der Waals surface area contributed by atoms with Crippen LogP contribution in [0.3, 0.4) is 0 Å². The van der Waals surface area contributed by atoms with Gasteiger partial charge in [0.15, 0.2) is 5.69 Å². The van der Waals surface area contributed by atoms with Crippen molar-refractivity contribution in [2.45, 2.75) is 32.7 Å². The molecule has 14 heteroatoms. The van der Waals surface area contributed by atoms with Crippen molar-refractivity contribution in [3.8, 4) is 16.8 Å². The molecular formula is C19H14F6N6O2. The third-order valence-electron chi connectivity index (χ3n) is 4.96. The van der Waals surface area contributed by atoms with Gasteiger partial charge in [-0.1, -0.05) is 0 Å². The van der Waals surface area contributed by atoms with E-state index in [0.717, 1.165) is 15.6 Å². The molecule has 0 radical (unpaired) electrons. The predicted octanol–water partition coefficient (Wildman–Crippen LogP) is 4.28. The third-order valence-corrected chi connectivity index (χ3v) is 4.96. The maximum atomic E-state index is 13.2. The third kappa shape index (κ3) is 4.03. The molecule has 4 aromatic heterocycles. The number of fused-ring (bicyclic) bond motifs is 1. The van der Waals surface area contributed by atoms with Gasteiger partial charge in [0.2, 0.25) is 0 Å². The maximum absolute atomic E-state index is 13.2. The predicted molar refractivity (Wildman–Crippen MR) is 101 cm³/mol. The number of aromatic nitrogens is 6. The Kier molecular flexibility index (Phi) is 4.98. The van der Waals surface area contributed by atoms with Crippen LogP contribution in [0.1, 0.15) is 27.4 Å². The maximum Gasteiger partial charge on any atom is 0.436 e. The van der Waals surface area contributed by atoms with Crippen molar-refractivity contribution in [2.75, 3.05) is 0 Å². The minimum Gasteiger partial charge on any atom is -0.478 e. The number of hydrogen-bond donors (Lipinski definition) is 1. The molecule has 4 heterocycles. The zero-order valence-electron chi connectivity index (χ0n) is 16.9. The van der Waals surface area contributed by atoms with Gasteiger partial charge in [0.25, 0.3) is 0 Å². The van der Waals surface area contributed by atoms with Crippen molar-refractivity contribution < 1.29 is 36.2 Å². The van der Waals surface area contributed by atoms with Crippen molar-refractivity contribution in [1.82, 2.24) is 29.2 Å². The number of alkyl halides is 6. The van der Waals surface area contributed by atoms with Crippen LogP contribution >= 0.6 is 0 Å². The van der Waals surface area contributed by atoms with Crippen LogP contribution in [-0.4, -0.2) is 46.4 Å². The van der Waals surface area contributed by atoms with Crippen LogP contribution in [0.2, 0.25) is 0 Å².